The van der Waals surface area contributed by atoms with Crippen LogP contribution in [0.25, 0.3) is 0 Å². The average Bonchev–Trinajstić information content (AvgIpc) is 2.70. The van der Waals surface area contributed by atoms with Crippen molar-refractivity contribution in [1.29, 1.82) is 0 Å². The number of allylic oxidation sites excluding steroid dienone is 2. The van der Waals surface area contributed by atoms with Gasteiger partial charge in [0.15, 0.2) is 0 Å². The van der Waals surface area contributed by atoms with Crippen LogP contribution in [0, 0.1) is 11.8 Å². The van der Waals surface area contributed by atoms with Gasteiger partial charge in [0.2, 0.25) is 0 Å². The molecule has 0 nitrogen and oxygen atoms in total. The highest BCUT2D eigenvalue weighted by molar-refractivity contribution is 4.95. The van der Waals surface area contributed by atoms with Crippen molar-refractivity contribution in [3.63, 3.8) is 0 Å². The molecule has 0 fully saturated rings. The molecule has 1 atom stereocenters. The molecule has 0 saturated heterocycles. The maximum atomic E-state index is 2.44. The fourth-order valence-corrected chi connectivity index (χ4v) is 2.41. The summed E-state index contributed by atoms with van der Waals surface area (Å²) in [6.45, 7) is 4.73. The summed E-state index contributed by atoms with van der Waals surface area (Å²) >= 11 is 0. The standard InChI is InChI=1S/C14H26/c1-3-4-5-6-7-10-13(2)14-11-8-9-12-14/h8-9,13-14H,3-7,10-12H2,1-2H3. The molecule has 0 aromatic heterocycles. The Hall–Kier alpha value is -0.260. The van der Waals surface area contributed by atoms with Crippen LogP contribution in [0.3, 0.4) is 0 Å². The number of unbranched alkanes of at least 4 members (excludes halogenated alkanes) is 4. The summed E-state index contributed by atoms with van der Waals surface area (Å²) < 4.78 is 0. The largest absolute Gasteiger partial charge is 0.0882 e. The van der Waals surface area contributed by atoms with Crippen LogP contribution in [0.2, 0.25) is 0 Å². The van der Waals surface area contributed by atoms with E-state index in [0.717, 1.165) is 11.8 Å². The molecule has 14 heavy (non-hydrogen) atoms. The summed E-state index contributed by atoms with van der Waals surface area (Å²) in [5, 5.41) is 0. The van der Waals surface area contributed by atoms with Crippen LogP contribution < -0.4 is 0 Å². The molecule has 0 heterocycles. The Morgan fingerprint density at radius 2 is 1.71 bits per heavy atom. The van der Waals surface area contributed by atoms with Gasteiger partial charge in [-0.2, -0.15) is 0 Å². The Labute approximate surface area is 89.8 Å². The normalized spacial score (nSPS) is 19.0. The Bertz CT molecular complexity index is 149. The van der Waals surface area contributed by atoms with Crippen LogP contribution in [0.5, 0.6) is 0 Å². The second kappa shape index (κ2) is 7.09. The Morgan fingerprint density at radius 1 is 1.07 bits per heavy atom. The molecule has 0 aromatic rings. The Morgan fingerprint density at radius 3 is 2.36 bits per heavy atom. The zero-order valence-electron chi connectivity index (χ0n) is 9.97. The molecule has 0 saturated carbocycles. The van der Waals surface area contributed by atoms with Crippen molar-refractivity contribution in [3.8, 4) is 0 Å². The van der Waals surface area contributed by atoms with Gasteiger partial charge in [-0.05, 0) is 24.7 Å². The lowest BCUT2D eigenvalue weighted by atomic mass is 9.87. The topological polar surface area (TPSA) is 0 Å². The first-order valence-corrected chi connectivity index (χ1v) is 6.49. The number of hydrogen-bond acceptors (Lipinski definition) is 0. The SMILES string of the molecule is CCCCCCCC(C)C1CC=CC1. The van der Waals surface area contributed by atoms with Gasteiger partial charge in [-0.3, -0.25) is 0 Å². The van der Waals surface area contributed by atoms with Gasteiger partial charge in [0.05, 0.1) is 0 Å². The summed E-state index contributed by atoms with van der Waals surface area (Å²) in [6, 6.07) is 0. The maximum absolute atomic E-state index is 2.44. The van der Waals surface area contributed by atoms with E-state index in [4.69, 9.17) is 0 Å². The predicted molar refractivity (Wildman–Crippen MR) is 64.4 cm³/mol. The molecule has 82 valence electrons. The second-order valence-corrected chi connectivity index (χ2v) is 4.88. The molecule has 0 N–H and O–H groups in total. The second-order valence-electron chi connectivity index (χ2n) is 4.88. The minimum atomic E-state index is 0.951. The summed E-state index contributed by atoms with van der Waals surface area (Å²) in [5.41, 5.74) is 0. The molecule has 0 amide bonds. The van der Waals surface area contributed by atoms with E-state index in [1.165, 1.54) is 51.4 Å². The highest BCUT2D eigenvalue weighted by atomic mass is 14.2. The van der Waals surface area contributed by atoms with Crippen LogP contribution in [0.4, 0.5) is 0 Å². The van der Waals surface area contributed by atoms with Crippen molar-refractivity contribution in [2.24, 2.45) is 11.8 Å². The molecule has 0 aromatic carbocycles. The molecular weight excluding hydrogens is 168 g/mol. The molecular formula is C14H26. The van der Waals surface area contributed by atoms with Gasteiger partial charge < -0.3 is 0 Å². The van der Waals surface area contributed by atoms with E-state index in [2.05, 4.69) is 26.0 Å². The Balaban J connectivity index is 1.95. The van der Waals surface area contributed by atoms with Crippen molar-refractivity contribution in [2.45, 2.75) is 65.2 Å². The lowest BCUT2D eigenvalue weighted by Crippen LogP contribution is -2.07. The van der Waals surface area contributed by atoms with Crippen LogP contribution in [0.15, 0.2) is 12.2 Å². The molecule has 0 aliphatic heterocycles. The van der Waals surface area contributed by atoms with Gasteiger partial charge in [0, 0.05) is 0 Å². The summed E-state index contributed by atoms with van der Waals surface area (Å²) in [7, 11) is 0. The third kappa shape index (κ3) is 4.30. The highest BCUT2D eigenvalue weighted by Crippen LogP contribution is 2.29. The smallest absolute Gasteiger partial charge is 0.0317 e. The first-order chi connectivity index (χ1) is 6.84. The molecule has 0 spiro atoms. The zero-order chi connectivity index (χ0) is 10.2. The van der Waals surface area contributed by atoms with Gasteiger partial charge in [0.1, 0.15) is 0 Å². The molecule has 1 aliphatic rings. The molecule has 1 rings (SSSR count). The van der Waals surface area contributed by atoms with Crippen LogP contribution >= 0.6 is 0 Å². The van der Waals surface area contributed by atoms with Gasteiger partial charge >= 0.3 is 0 Å². The Kier molecular flexibility index (Phi) is 5.98. The minimum absolute atomic E-state index is 0.951. The first-order valence-electron chi connectivity index (χ1n) is 6.49. The fourth-order valence-electron chi connectivity index (χ4n) is 2.41. The third-order valence-electron chi connectivity index (χ3n) is 3.61. The van der Waals surface area contributed by atoms with E-state index < -0.39 is 0 Å². The van der Waals surface area contributed by atoms with E-state index in [1.54, 1.807) is 0 Å². The summed E-state index contributed by atoms with van der Waals surface area (Å²) in [6.07, 6.45) is 16.0. The van der Waals surface area contributed by atoms with E-state index in [9.17, 15) is 0 Å². The predicted octanol–water partition coefficient (Wildman–Crippen LogP) is 4.95. The number of hydrogen-bond donors (Lipinski definition) is 0. The van der Waals surface area contributed by atoms with Gasteiger partial charge in [-0.15, -0.1) is 0 Å². The summed E-state index contributed by atoms with van der Waals surface area (Å²) in [5.74, 6) is 1.92. The summed E-state index contributed by atoms with van der Waals surface area (Å²) in [4.78, 5) is 0. The van der Waals surface area contributed by atoms with E-state index in [1.807, 2.05) is 0 Å². The first kappa shape index (κ1) is 11.8. The monoisotopic (exact) mass is 194 g/mol. The lowest BCUT2D eigenvalue weighted by Gasteiger charge is -2.18. The van der Waals surface area contributed by atoms with Crippen molar-refractivity contribution in [3.05, 3.63) is 12.2 Å². The van der Waals surface area contributed by atoms with E-state index >= 15 is 0 Å². The van der Waals surface area contributed by atoms with E-state index in [0.29, 0.717) is 0 Å². The van der Waals surface area contributed by atoms with E-state index in [-0.39, 0.29) is 0 Å². The molecule has 0 radical (unpaired) electrons. The molecule has 1 unspecified atom stereocenters. The lowest BCUT2D eigenvalue weighted by molar-refractivity contribution is 0.342. The molecule has 0 heteroatoms. The average molecular weight is 194 g/mol. The minimum Gasteiger partial charge on any atom is -0.0882 e. The van der Waals surface area contributed by atoms with Crippen molar-refractivity contribution < 1.29 is 0 Å². The zero-order valence-corrected chi connectivity index (χ0v) is 9.97. The van der Waals surface area contributed by atoms with Crippen LogP contribution in [-0.4, -0.2) is 0 Å². The fraction of sp³-hybridized carbons (Fsp3) is 0.857. The highest BCUT2D eigenvalue weighted by Gasteiger charge is 2.17. The maximum Gasteiger partial charge on any atom is -0.0317 e. The van der Waals surface area contributed by atoms with Gasteiger partial charge in [-0.1, -0.05) is 64.5 Å². The number of rotatable bonds is 7. The van der Waals surface area contributed by atoms with Gasteiger partial charge in [-0.25, -0.2) is 0 Å². The van der Waals surface area contributed by atoms with Crippen molar-refractivity contribution >= 4 is 0 Å². The molecule has 1 aliphatic carbocycles. The van der Waals surface area contributed by atoms with Crippen molar-refractivity contribution in [2.75, 3.05) is 0 Å². The molecule has 0 bridgehead atoms. The van der Waals surface area contributed by atoms with Gasteiger partial charge in [0.25, 0.3) is 0 Å². The van der Waals surface area contributed by atoms with Crippen LogP contribution in [-0.2, 0) is 0 Å². The quantitative estimate of drug-likeness (QED) is 0.397. The third-order valence-corrected chi connectivity index (χ3v) is 3.61. The van der Waals surface area contributed by atoms with Crippen LogP contribution in [0.1, 0.15) is 65.2 Å². The van der Waals surface area contributed by atoms with Crippen molar-refractivity contribution in [1.82, 2.24) is 0 Å².